The van der Waals surface area contributed by atoms with Crippen LogP contribution in [0.5, 0.6) is 23.0 Å². The number of pyridine rings is 2. The monoisotopic (exact) mass is 1140 g/mol. The van der Waals surface area contributed by atoms with Crippen LogP contribution in [-0.4, -0.2) is 169 Å². The fourth-order valence-electron chi connectivity index (χ4n) is 11.8. The number of carbonyl (C=O) groups is 4. The number of aryl methyl sites for hydroxylation is 1. The number of carboxylic acids is 1. The molecule has 5 aliphatic heterocycles. The number of fused-ring (bicyclic) bond motifs is 15. The summed E-state index contributed by atoms with van der Waals surface area (Å²) < 4.78 is 40.8. The number of carboxylic acid groups (broad SMARTS) is 1. The number of ketones is 1. The lowest BCUT2D eigenvalue weighted by atomic mass is 9.84. The topological polar surface area (TPSA) is 334 Å². The number of aliphatic hydroxyl groups is 2. The van der Waals surface area contributed by atoms with Gasteiger partial charge >= 0.3 is 17.7 Å². The number of piperazine rings is 1. The number of aromatic hydroxyl groups is 3. The van der Waals surface area contributed by atoms with Crippen LogP contribution in [0.25, 0.3) is 16.3 Å². The summed E-state index contributed by atoms with van der Waals surface area (Å²) in [5, 5.41) is 77.3. The third-order valence-electron chi connectivity index (χ3n) is 16.8. The molecular formula is C58H71FN8O15. The molecule has 2 aromatic carbocycles. The second kappa shape index (κ2) is 23.0. The summed E-state index contributed by atoms with van der Waals surface area (Å²) in [5.41, 5.74) is 13.1. The molecule has 1 amide bonds. The lowest BCUT2D eigenvalue weighted by Gasteiger charge is -2.37. The number of nitrogens with one attached hydrogen (secondary N) is 1. The van der Waals surface area contributed by atoms with Crippen LogP contribution in [0.15, 0.2) is 58.3 Å². The van der Waals surface area contributed by atoms with Crippen molar-refractivity contribution in [3.63, 3.8) is 0 Å². The Morgan fingerprint density at radius 1 is 0.927 bits per heavy atom. The number of esters is 1. The Hall–Kier alpha value is -7.61. The minimum atomic E-state index is -2.16. The smallest absolute Gasteiger partial charge is 0.341 e. The Kier molecular flexibility index (Phi) is 16.5. The minimum Gasteiger partial charge on any atom is -0.507 e. The fraction of sp³-hybridized carbons (Fsp3) is 0.483. The molecule has 11 N–H and O–H groups in total. The zero-order valence-electron chi connectivity index (χ0n) is 46.9. The maximum Gasteiger partial charge on any atom is 0.341 e. The number of amides is 1. The summed E-state index contributed by atoms with van der Waals surface area (Å²) in [6.07, 6.45) is 6.40. The van der Waals surface area contributed by atoms with Gasteiger partial charge in [0, 0.05) is 94.6 Å². The van der Waals surface area contributed by atoms with Gasteiger partial charge in [-0.05, 0) is 69.2 Å². The summed E-state index contributed by atoms with van der Waals surface area (Å²) in [5.74, 6) is -10.1. The van der Waals surface area contributed by atoms with Crippen molar-refractivity contribution in [3.8, 4) is 23.0 Å². The fourth-order valence-corrected chi connectivity index (χ4v) is 11.8. The molecule has 0 spiro atoms. The Labute approximate surface area is 471 Å². The number of hydrogen-bond donors (Lipinski definition) is 9. The number of ether oxygens (including phenoxy) is 4. The SMILES string of the molecule is CO[C@H]1C=CO[C@@]2(C)Oc3c(C)c(O)c4c(O)c(c(/C=N/N5CCN(C6CCN(c7c(F)cn8c(=O)c(C(=O)O)cc(C9CC9)c8c7C)C6)CC5)c(O)c4c3C2=O)NC(=O)/C(C)=C\C=C\[C@H](C)[C@H](O)[C@@H](N)[C@@H](O)[C@@H](N)[C@H](OC(C)=O)[C@@H]1C. The highest BCUT2D eigenvalue weighted by Gasteiger charge is 2.50. The van der Waals surface area contributed by atoms with Gasteiger partial charge in [0.15, 0.2) is 11.6 Å². The average Bonchev–Trinajstić information content (AvgIpc) is 2.57. The van der Waals surface area contributed by atoms with Gasteiger partial charge in [-0.1, -0.05) is 32.1 Å². The van der Waals surface area contributed by atoms with E-state index in [4.69, 9.17) is 35.5 Å². The number of rotatable bonds is 8. The number of phenols is 3. The first-order chi connectivity index (χ1) is 38.8. The molecule has 10 atom stereocenters. The predicted molar refractivity (Wildman–Crippen MR) is 300 cm³/mol. The van der Waals surface area contributed by atoms with E-state index in [0.717, 1.165) is 42.2 Å². The maximum atomic E-state index is 16.1. The minimum absolute atomic E-state index is 0.00591. The predicted octanol–water partition coefficient (Wildman–Crippen LogP) is 4.00. The number of Topliss-reactive ketones (excluding diaryl/α,β-unsaturated/α-hetero) is 1. The summed E-state index contributed by atoms with van der Waals surface area (Å²) in [4.78, 5) is 70.6. The van der Waals surface area contributed by atoms with Crippen molar-refractivity contribution >= 4 is 57.5 Å². The molecule has 10 rings (SSSR count). The van der Waals surface area contributed by atoms with Gasteiger partial charge in [-0.25, -0.2) is 9.18 Å². The number of nitrogens with two attached hydrogens (primary N) is 2. The number of carbonyl (C=O) groups excluding carboxylic acids is 3. The molecule has 3 fully saturated rings. The summed E-state index contributed by atoms with van der Waals surface area (Å²) in [6.45, 7) is 13.1. The van der Waals surface area contributed by atoms with E-state index in [-0.39, 0.29) is 56.4 Å². The lowest BCUT2D eigenvalue weighted by Crippen LogP contribution is -2.60. The van der Waals surface area contributed by atoms with Crippen molar-refractivity contribution in [1.29, 1.82) is 0 Å². The highest BCUT2D eigenvalue weighted by atomic mass is 19.1. The van der Waals surface area contributed by atoms with Gasteiger partial charge in [-0.15, -0.1) is 0 Å². The lowest BCUT2D eigenvalue weighted by molar-refractivity contribution is -0.155. The molecule has 23 nitrogen and oxygen atoms in total. The van der Waals surface area contributed by atoms with Crippen LogP contribution in [-0.2, 0) is 23.8 Å². The number of aromatic carboxylic acids is 1. The van der Waals surface area contributed by atoms with Gasteiger partial charge in [0.25, 0.3) is 17.2 Å². The normalized spacial score (nSPS) is 28.8. The first-order valence-corrected chi connectivity index (χ1v) is 27.3. The molecule has 0 radical (unpaired) electrons. The van der Waals surface area contributed by atoms with Crippen molar-refractivity contribution < 1.29 is 73.2 Å². The number of aliphatic hydroxyl groups excluding tert-OH is 2. The molecule has 1 aliphatic carbocycles. The number of allylic oxidation sites excluding steroid dienone is 2. The van der Waals surface area contributed by atoms with Crippen molar-refractivity contribution in [3.05, 3.63) is 98.0 Å². The van der Waals surface area contributed by atoms with Crippen LogP contribution < -0.4 is 32.0 Å². The van der Waals surface area contributed by atoms with Crippen molar-refractivity contribution in [1.82, 2.24) is 14.3 Å². The highest BCUT2D eigenvalue weighted by Crippen LogP contribution is 2.55. The summed E-state index contributed by atoms with van der Waals surface area (Å²) in [7, 11) is 1.36. The van der Waals surface area contributed by atoms with Crippen LogP contribution in [0.4, 0.5) is 15.8 Å². The number of anilines is 2. The van der Waals surface area contributed by atoms with Gasteiger partial charge in [0.05, 0.1) is 82.5 Å². The van der Waals surface area contributed by atoms with Crippen LogP contribution in [0.3, 0.4) is 0 Å². The number of phenolic OH excluding ortho intramolecular Hbond substituents is 3. The number of nitrogens with zero attached hydrogens (tertiary/aromatic N) is 5. The largest absolute Gasteiger partial charge is 0.507 e. The van der Waals surface area contributed by atoms with E-state index >= 15 is 4.39 Å². The van der Waals surface area contributed by atoms with Crippen molar-refractivity contribution in [2.45, 2.75) is 122 Å². The third kappa shape index (κ3) is 10.7. The molecule has 5 bridgehead atoms. The van der Waals surface area contributed by atoms with Gasteiger partial charge in [-0.2, -0.15) is 5.10 Å². The Balaban J connectivity index is 1.03. The molecule has 2 saturated heterocycles. The van der Waals surface area contributed by atoms with E-state index in [9.17, 15) is 54.6 Å². The second-order valence-electron chi connectivity index (χ2n) is 22.2. The van der Waals surface area contributed by atoms with Gasteiger partial charge < -0.3 is 71.3 Å². The number of aromatic nitrogens is 1. The molecule has 24 heteroatoms. The molecule has 6 aliphatic rings. The molecular weight excluding hydrogens is 1070 g/mol. The van der Waals surface area contributed by atoms with Crippen molar-refractivity contribution in [2.24, 2.45) is 28.4 Å². The van der Waals surface area contributed by atoms with Crippen LogP contribution in [0.1, 0.15) is 103 Å². The van der Waals surface area contributed by atoms with Crippen molar-refractivity contribution in [2.75, 3.05) is 56.6 Å². The summed E-state index contributed by atoms with van der Waals surface area (Å²) in [6, 6.07) is -1.27. The van der Waals surface area contributed by atoms with Gasteiger partial charge in [-0.3, -0.25) is 33.5 Å². The van der Waals surface area contributed by atoms with Crippen LogP contribution in [0, 0.1) is 31.5 Å². The number of methoxy groups -OCH3 is 1. The van der Waals surface area contributed by atoms with Gasteiger partial charge in [0.2, 0.25) is 0 Å². The number of benzene rings is 2. The van der Waals surface area contributed by atoms with Crippen LogP contribution in [0.2, 0.25) is 0 Å². The molecule has 4 aromatic rings. The number of hydrazone groups is 1. The molecule has 82 heavy (non-hydrogen) atoms. The molecule has 7 heterocycles. The molecule has 2 aromatic heterocycles. The van der Waals surface area contributed by atoms with E-state index in [1.807, 2.05) is 4.90 Å². The third-order valence-corrected chi connectivity index (χ3v) is 16.8. The van der Waals surface area contributed by atoms with E-state index in [1.165, 1.54) is 64.5 Å². The van der Waals surface area contributed by atoms with Gasteiger partial charge in [0.1, 0.15) is 28.9 Å². The second-order valence-corrected chi connectivity index (χ2v) is 22.2. The average molecular weight is 1140 g/mol. The summed E-state index contributed by atoms with van der Waals surface area (Å²) >= 11 is 0. The first kappa shape index (κ1) is 59.0. The maximum absolute atomic E-state index is 16.1. The quantitative estimate of drug-likeness (QED) is 0.0521. The first-order valence-electron chi connectivity index (χ1n) is 27.3. The van der Waals surface area contributed by atoms with E-state index in [2.05, 4.69) is 10.2 Å². The molecule has 440 valence electrons. The zero-order chi connectivity index (χ0) is 59.5. The number of halogens is 1. The van der Waals surface area contributed by atoms with E-state index in [1.54, 1.807) is 25.8 Å². The van der Waals surface area contributed by atoms with E-state index < -0.39 is 112 Å². The highest BCUT2D eigenvalue weighted by molar-refractivity contribution is 6.24. The molecule has 1 unspecified atom stereocenters. The zero-order valence-corrected chi connectivity index (χ0v) is 46.9. The van der Waals surface area contributed by atoms with E-state index in [0.29, 0.717) is 62.5 Å². The molecule has 1 saturated carbocycles. The number of hydrogen-bond acceptors (Lipinski definition) is 20. The Bertz CT molecular complexity index is 3440. The Morgan fingerprint density at radius 2 is 1.62 bits per heavy atom. The van der Waals surface area contributed by atoms with Crippen LogP contribution >= 0.6 is 0 Å². The standard InChI is InChI=1S/C58H71FN8O15/c1-26-10-9-11-27(2)55(75)63-44-36(23-62-66-19-17-64(18-20-66)33-14-16-65(24-33)46-29(4)45-34(32-12-13-32)22-35(57(77)78)56(76)67(45)25-37(46)59)49(71)39-40(50(44)72)48(70)30(5)52-41(39)54(74)58(7,82-52)80-21-15-38(79-8)28(3)53(81-31(6)68)43(61)51(73)42(60)47(26)69/h9-11,15,21-23,25-26,28,32-33,38,42-43,47,51,53,69-73H,12-14,16-20,24,60-61H2,1-8H3,(H,63,75)(H,77,78)/b10-9+,21-15?,27-11-,62-23+/t26-,28+,33?,38-,42+,43+,47-,51+,53+,58-/m0/s1. The Morgan fingerprint density at radius 3 is 2.27 bits per heavy atom.